The number of phenols is 1. The fourth-order valence-electron chi connectivity index (χ4n) is 1.56. The monoisotopic (exact) mass is 319 g/mol. The summed E-state index contributed by atoms with van der Waals surface area (Å²) >= 11 is 5.45. The normalized spacial score (nSPS) is 10.5. The Kier molecular flexibility index (Phi) is 4.04. The molecule has 3 nitrogen and oxygen atoms in total. The predicted octanol–water partition coefficient (Wildman–Crippen LogP) is 3.85. The van der Waals surface area contributed by atoms with Gasteiger partial charge in [0.2, 0.25) is 0 Å². The summed E-state index contributed by atoms with van der Waals surface area (Å²) in [7, 11) is 0. The van der Waals surface area contributed by atoms with Crippen molar-refractivity contribution >= 4 is 23.2 Å². The molecule has 0 atom stereocenters. The summed E-state index contributed by atoms with van der Waals surface area (Å²) in [5, 5.41) is 10.8. The molecule has 2 rings (SSSR count). The van der Waals surface area contributed by atoms with Gasteiger partial charge in [0.25, 0.3) is 5.91 Å². The largest absolute Gasteiger partial charge is 0.507 e. The van der Waals surface area contributed by atoms with Crippen LogP contribution >= 0.6 is 11.6 Å². The molecule has 2 aromatic rings. The maximum atomic E-state index is 13.4. The summed E-state index contributed by atoms with van der Waals surface area (Å²) in [5.41, 5.74) is -1.40. The smallest absolute Gasteiger partial charge is 0.259 e. The number of rotatable bonds is 2. The second-order valence-corrected chi connectivity index (χ2v) is 4.39. The minimum absolute atomic E-state index is 0.371. The van der Waals surface area contributed by atoms with E-state index in [1.54, 1.807) is 0 Å². The van der Waals surface area contributed by atoms with Gasteiger partial charge in [0.1, 0.15) is 23.1 Å². The molecule has 0 aliphatic heterocycles. The quantitative estimate of drug-likeness (QED) is 0.826. The van der Waals surface area contributed by atoms with E-state index in [4.69, 9.17) is 11.6 Å². The molecule has 0 aliphatic carbocycles. The lowest BCUT2D eigenvalue weighted by atomic mass is 10.1. The van der Waals surface area contributed by atoms with Gasteiger partial charge in [-0.2, -0.15) is 0 Å². The topological polar surface area (TPSA) is 49.3 Å². The second kappa shape index (κ2) is 5.61. The molecule has 21 heavy (non-hydrogen) atoms. The highest BCUT2D eigenvalue weighted by molar-refractivity contribution is 6.31. The molecule has 0 saturated carbocycles. The lowest BCUT2D eigenvalue weighted by Gasteiger charge is -2.09. The SMILES string of the molecule is O=C(Nc1c(F)cc(F)cc1F)c1cc(Cl)c(F)cc1O. The van der Waals surface area contributed by atoms with Gasteiger partial charge in [-0.05, 0) is 6.07 Å². The van der Waals surface area contributed by atoms with Gasteiger partial charge >= 0.3 is 0 Å². The number of anilines is 1. The summed E-state index contributed by atoms with van der Waals surface area (Å²) in [6, 6.07) is 2.11. The first-order chi connectivity index (χ1) is 9.79. The molecule has 0 aliphatic rings. The molecule has 0 fully saturated rings. The average molecular weight is 320 g/mol. The van der Waals surface area contributed by atoms with E-state index in [1.165, 1.54) is 0 Å². The van der Waals surface area contributed by atoms with Gasteiger partial charge in [0, 0.05) is 18.2 Å². The maximum Gasteiger partial charge on any atom is 0.259 e. The van der Waals surface area contributed by atoms with Crippen LogP contribution in [0.15, 0.2) is 24.3 Å². The Bertz CT molecular complexity index is 713. The lowest BCUT2D eigenvalue weighted by molar-refractivity contribution is 0.102. The predicted molar refractivity (Wildman–Crippen MR) is 67.3 cm³/mol. The molecule has 8 heteroatoms. The average Bonchev–Trinajstić information content (AvgIpc) is 2.37. The standard InChI is InChI=1S/C13H6ClF4NO2/c14-7-3-6(11(20)4-8(7)16)13(21)19-12-9(17)1-5(15)2-10(12)18/h1-4,20H,(H,19,21). The summed E-state index contributed by atoms with van der Waals surface area (Å²) in [5.74, 6) is -6.71. The number of phenolic OH excluding ortho intramolecular Hbond substituents is 1. The van der Waals surface area contributed by atoms with E-state index in [9.17, 15) is 27.5 Å². The Hall–Kier alpha value is -2.28. The van der Waals surface area contributed by atoms with Gasteiger partial charge in [-0.1, -0.05) is 11.6 Å². The van der Waals surface area contributed by atoms with Crippen LogP contribution in [0.4, 0.5) is 23.2 Å². The van der Waals surface area contributed by atoms with E-state index >= 15 is 0 Å². The highest BCUT2D eigenvalue weighted by Crippen LogP contribution is 2.27. The van der Waals surface area contributed by atoms with Crippen LogP contribution in [-0.2, 0) is 0 Å². The van der Waals surface area contributed by atoms with Crippen LogP contribution < -0.4 is 5.32 Å². The number of carbonyl (C=O) groups is 1. The van der Waals surface area contributed by atoms with Crippen molar-refractivity contribution in [1.82, 2.24) is 0 Å². The van der Waals surface area contributed by atoms with Crippen LogP contribution in [-0.4, -0.2) is 11.0 Å². The van der Waals surface area contributed by atoms with Gasteiger partial charge < -0.3 is 10.4 Å². The molecule has 2 N–H and O–H groups in total. The van der Waals surface area contributed by atoms with Crippen LogP contribution in [0.1, 0.15) is 10.4 Å². The van der Waals surface area contributed by atoms with Crippen LogP contribution in [0.2, 0.25) is 5.02 Å². The zero-order valence-electron chi connectivity index (χ0n) is 10.1. The van der Waals surface area contributed by atoms with Crippen LogP contribution in [0.3, 0.4) is 0 Å². The summed E-state index contributed by atoms with van der Waals surface area (Å²) < 4.78 is 52.6. The number of amides is 1. The van der Waals surface area contributed by atoms with Crippen molar-refractivity contribution < 1.29 is 27.5 Å². The van der Waals surface area contributed by atoms with Crippen LogP contribution in [0.25, 0.3) is 0 Å². The number of halogens is 5. The number of carbonyl (C=O) groups excluding carboxylic acids is 1. The first-order valence-electron chi connectivity index (χ1n) is 5.43. The van der Waals surface area contributed by atoms with Crippen molar-refractivity contribution in [1.29, 1.82) is 0 Å². The van der Waals surface area contributed by atoms with E-state index in [-0.39, 0.29) is 0 Å². The maximum absolute atomic E-state index is 13.4. The molecular formula is C13H6ClF4NO2. The number of benzene rings is 2. The second-order valence-electron chi connectivity index (χ2n) is 3.98. The first kappa shape index (κ1) is 15.1. The Morgan fingerprint density at radius 3 is 2.14 bits per heavy atom. The third kappa shape index (κ3) is 3.08. The van der Waals surface area contributed by atoms with E-state index < -0.39 is 51.2 Å². The fourth-order valence-corrected chi connectivity index (χ4v) is 1.72. The molecule has 0 radical (unpaired) electrons. The zero-order chi connectivity index (χ0) is 15.7. The highest BCUT2D eigenvalue weighted by Gasteiger charge is 2.19. The Morgan fingerprint density at radius 1 is 1.00 bits per heavy atom. The van der Waals surface area contributed by atoms with Crippen molar-refractivity contribution in [2.24, 2.45) is 0 Å². The number of hydrogen-bond donors (Lipinski definition) is 2. The molecule has 0 heterocycles. The van der Waals surface area contributed by atoms with Gasteiger partial charge in [-0.3, -0.25) is 4.79 Å². The molecule has 0 unspecified atom stereocenters. The van der Waals surface area contributed by atoms with Crippen molar-refractivity contribution in [3.63, 3.8) is 0 Å². The summed E-state index contributed by atoms with van der Waals surface area (Å²) in [4.78, 5) is 11.8. The minimum Gasteiger partial charge on any atom is -0.507 e. The van der Waals surface area contributed by atoms with E-state index in [0.717, 1.165) is 6.07 Å². The lowest BCUT2D eigenvalue weighted by Crippen LogP contribution is -2.15. The number of nitrogens with one attached hydrogen (secondary N) is 1. The fraction of sp³-hybridized carbons (Fsp3) is 0. The molecule has 0 aromatic heterocycles. The number of hydrogen-bond acceptors (Lipinski definition) is 2. The molecular weight excluding hydrogens is 314 g/mol. The van der Waals surface area contributed by atoms with Crippen molar-refractivity contribution in [3.05, 3.63) is 58.1 Å². The molecule has 1 amide bonds. The molecule has 0 spiro atoms. The third-order valence-electron chi connectivity index (χ3n) is 2.53. The molecule has 0 bridgehead atoms. The van der Waals surface area contributed by atoms with Crippen molar-refractivity contribution in [2.45, 2.75) is 0 Å². The summed E-state index contributed by atoms with van der Waals surface area (Å²) in [6.07, 6.45) is 0. The Morgan fingerprint density at radius 2 is 1.57 bits per heavy atom. The summed E-state index contributed by atoms with van der Waals surface area (Å²) in [6.45, 7) is 0. The first-order valence-corrected chi connectivity index (χ1v) is 5.81. The van der Waals surface area contributed by atoms with Gasteiger partial charge in [0.05, 0.1) is 10.6 Å². The molecule has 2 aromatic carbocycles. The zero-order valence-corrected chi connectivity index (χ0v) is 10.8. The number of aromatic hydroxyl groups is 1. The van der Waals surface area contributed by atoms with E-state index in [2.05, 4.69) is 0 Å². The van der Waals surface area contributed by atoms with Gasteiger partial charge in [0.15, 0.2) is 11.6 Å². The third-order valence-corrected chi connectivity index (χ3v) is 2.82. The van der Waals surface area contributed by atoms with Crippen LogP contribution in [0, 0.1) is 23.3 Å². The highest BCUT2D eigenvalue weighted by atomic mass is 35.5. The van der Waals surface area contributed by atoms with E-state index in [1.807, 2.05) is 5.32 Å². The Labute approximate surface area is 120 Å². The molecule has 0 saturated heterocycles. The van der Waals surface area contributed by atoms with Crippen molar-refractivity contribution in [2.75, 3.05) is 5.32 Å². The van der Waals surface area contributed by atoms with Crippen LogP contribution in [0.5, 0.6) is 5.75 Å². The van der Waals surface area contributed by atoms with Crippen molar-refractivity contribution in [3.8, 4) is 5.75 Å². The Balaban J connectivity index is 2.37. The van der Waals surface area contributed by atoms with E-state index in [0.29, 0.717) is 18.2 Å². The molecule has 110 valence electrons. The van der Waals surface area contributed by atoms with Gasteiger partial charge in [-0.25, -0.2) is 17.6 Å². The minimum atomic E-state index is -1.34. The van der Waals surface area contributed by atoms with Gasteiger partial charge in [-0.15, -0.1) is 0 Å².